The maximum atomic E-state index is 12.1. The Morgan fingerprint density at radius 3 is 2.67 bits per heavy atom. The van der Waals surface area contributed by atoms with Crippen LogP contribution in [0.3, 0.4) is 0 Å². The third-order valence-electron chi connectivity index (χ3n) is 3.74. The third kappa shape index (κ3) is 5.28. The largest absolute Gasteiger partial charge is 0.492 e. The molecule has 0 bridgehead atoms. The van der Waals surface area contributed by atoms with Crippen molar-refractivity contribution in [3.63, 3.8) is 0 Å². The van der Waals surface area contributed by atoms with Crippen molar-refractivity contribution in [1.82, 2.24) is 0 Å². The highest BCUT2D eigenvalue weighted by atomic mass is 35.5. The summed E-state index contributed by atoms with van der Waals surface area (Å²) < 4.78 is 20.9. The summed E-state index contributed by atoms with van der Waals surface area (Å²) in [6.45, 7) is 0.0835. The lowest BCUT2D eigenvalue weighted by molar-refractivity contribution is -0.142. The molecule has 0 spiro atoms. The molecule has 0 saturated heterocycles. The maximum absolute atomic E-state index is 12.1. The van der Waals surface area contributed by atoms with E-state index < -0.39 is 5.97 Å². The van der Waals surface area contributed by atoms with Crippen LogP contribution in [-0.4, -0.2) is 31.8 Å². The first-order valence-electron chi connectivity index (χ1n) is 8.19. The number of rotatable bonds is 8. The second-order valence-electron chi connectivity index (χ2n) is 5.68. The van der Waals surface area contributed by atoms with Crippen LogP contribution in [0.25, 0.3) is 0 Å². The Balaban J connectivity index is 1.37. The molecule has 0 unspecified atom stereocenters. The van der Waals surface area contributed by atoms with Crippen LogP contribution < -0.4 is 14.2 Å². The Bertz CT molecular complexity index is 852. The first-order chi connectivity index (χ1) is 13.0. The van der Waals surface area contributed by atoms with E-state index in [0.29, 0.717) is 39.3 Å². The molecule has 8 heteroatoms. The first-order valence-corrected chi connectivity index (χ1v) is 8.95. The van der Waals surface area contributed by atoms with E-state index in [1.165, 1.54) is 0 Å². The minimum absolute atomic E-state index is 0.125. The van der Waals surface area contributed by atoms with Crippen LogP contribution in [0.4, 0.5) is 0 Å². The molecule has 0 saturated carbocycles. The number of ether oxygens (including phenoxy) is 4. The molecule has 0 fully saturated rings. The lowest BCUT2D eigenvalue weighted by Crippen LogP contribution is -2.14. The molecule has 0 aromatic heterocycles. The van der Waals surface area contributed by atoms with Crippen molar-refractivity contribution in [1.29, 1.82) is 0 Å². The fourth-order valence-electron chi connectivity index (χ4n) is 2.36. The number of carbonyl (C=O) groups is 2. The summed E-state index contributed by atoms with van der Waals surface area (Å²) in [7, 11) is 0. The Morgan fingerprint density at radius 1 is 1.04 bits per heavy atom. The van der Waals surface area contributed by atoms with Crippen molar-refractivity contribution in [2.45, 2.75) is 12.8 Å². The summed E-state index contributed by atoms with van der Waals surface area (Å²) in [5, 5.41) is 0.919. The van der Waals surface area contributed by atoms with Gasteiger partial charge in [0.05, 0.1) is 11.6 Å². The average Bonchev–Trinajstić information content (AvgIpc) is 3.12. The van der Waals surface area contributed by atoms with Crippen molar-refractivity contribution >= 4 is 35.0 Å². The number of benzene rings is 2. The number of esters is 1. The zero-order valence-electron chi connectivity index (χ0n) is 14.2. The van der Waals surface area contributed by atoms with Gasteiger partial charge in [0.2, 0.25) is 6.79 Å². The van der Waals surface area contributed by atoms with Crippen molar-refractivity contribution in [3.05, 3.63) is 52.0 Å². The van der Waals surface area contributed by atoms with Crippen LogP contribution in [-0.2, 0) is 9.53 Å². The number of fused-ring (bicyclic) bond motifs is 1. The SMILES string of the molecule is O=C(CCCOc1ccc(Cl)cc1Cl)OCC(=O)c1ccc2c(c1)OCO2. The van der Waals surface area contributed by atoms with E-state index in [0.717, 1.165) is 0 Å². The highest BCUT2D eigenvalue weighted by Gasteiger charge is 2.17. The van der Waals surface area contributed by atoms with Crippen LogP contribution >= 0.6 is 23.2 Å². The zero-order valence-corrected chi connectivity index (χ0v) is 15.7. The van der Waals surface area contributed by atoms with Crippen molar-refractivity contribution in [2.75, 3.05) is 20.0 Å². The van der Waals surface area contributed by atoms with Crippen molar-refractivity contribution < 1.29 is 28.5 Å². The fourth-order valence-corrected chi connectivity index (χ4v) is 2.83. The molecule has 142 valence electrons. The van der Waals surface area contributed by atoms with Gasteiger partial charge in [-0.1, -0.05) is 23.2 Å². The van der Waals surface area contributed by atoms with E-state index in [-0.39, 0.29) is 32.2 Å². The van der Waals surface area contributed by atoms with Crippen molar-refractivity contribution in [3.8, 4) is 17.2 Å². The molecule has 1 aliphatic rings. The highest BCUT2D eigenvalue weighted by molar-refractivity contribution is 6.35. The summed E-state index contributed by atoms with van der Waals surface area (Å²) in [6.07, 6.45) is 0.551. The standard InChI is InChI=1S/C19H16Cl2O6/c20-13-4-6-16(14(21)9-13)24-7-1-2-19(23)25-10-15(22)12-3-5-17-18(8-12)27-11-26-17/h3-6,8-9H,1-2,7,10-11H2. The molecular weight excluding hydrogens is 395 g/mol. The Morgan fingerprint density at radius 2 is 1.85 bits per heavy atom. The Hall–Kier alpha value is -2.44. The lowest BCUT2D eigenvalue weighted by atomic mass is 10.1. The second-order valence-corrected chi connectivity index (χ2v) is 6.52. The molecule has 1 heterocycles. The van der Waals surface area contributed by atoms with Gasteiger partial charge in [0.25, 0.3) is 0 Å². The molecule has 0 radical (unpaired) electrons. The van der Waals surface area contributed by atoms with E-state index in [1.807, 2.05) is 0 Å². The molecule has 6 nitrogen and oxygen atoms in total. The Kier molecular flexibility index (Phi) is 6.42. The van der Waals surface area contributed by atoms with Gasteiger partial charge in [0.15, 0.2) is 23.9 Å². The fraction of sp³-hybridized carbons (Fsp3) is 0.263. The van der Waals surface area contributed by atoms with E-state index in [4.69, 9.17) is 42.1 Å². The number of carbonyl (C=O) groups excluding carboxylic acids is 2. The van der Waals surface area contributed by atoms with Gasteiger partial charge in [-0.15, -0.1) is 0 Å². The van der Waals surface area contributed by atoms with E-state index >= 15 is 0 Å². The van der Waals surface area contributed by atoms with Gasteiger partial charge in [-0.05, 0) is 42.8 Å². The molecule has 0 amide bonds. The Labute approximate surface area is 165 Å². The van der Waals surface area contributed by atoms with Gasteiger partial charge < -0.3 is 18.9 Å². The topological polar surface area (TPSA) is 71.1 Å². The summed E-state index contributed by atoms with van der Waals surface area (Å²) in [5.74, 6) is 0.794. The molecule has 2 aromatic carbocycles. The van der Waals surface area contributed by atoms with E-state index in [2.05, 4.69) is 0 Å². The van der Waals surface area contributed by atoms with Crippen LogP contribution in [0.2, 0.25) is 10.0 Å². The quantitative estimate of drug-likeness (QED) is 0.366. The maximum Gasteiger partial charge on any atom is 0.306 e. The average molecular weight is 411 g/mol. The predicted octanol–water partition coefficient (Wildman–Crippen LogP) is 4.31. The minimum atomic E-state index is -0.477. The summed E-state index contributed by atoms with van der Waals surface area (Å²) in [4.78, 5) is 23.9. The van der Waals surface area contributed by atoms with Crippen molar-refractivity contribution in [2.24, 2.45) is 0 Å². The molecule has 0 N–H and O–H groups in total. The van der Waals surface area contributed by atoms with Crippen LogP contribution in [0.5, 0.6) is 17.2 Å². The zero-order chi connectivity index (χ0) is 19.2. The lowest BCUT2D eigenvalue weighted by Gasteiger charge is -2.08. The third-order valence-corrected chi connectivity index (χ3v) is 4.27. The minimum Gasteiger partial charge on any atom is -0.492 e. The molecule has 0 atom stereocenters. The van der Waals surface area contributed by atoms with Gasteiger partial charge in [0.1, 0.15) is 5.75 Å². The molecular formula is C19H16Cl2O6. The number of hydrogen-bond acceptors (Lipinski definition) is 6. The predicted molar refractivity (Wildman–Crippen MR) is 99.0 cm³/mol. The normalized spacial score (nSPS) is 11.9. The van der Waals surface area contributed by atoms with Gasteiger partial charge in [-0.2, -0.15) is 0 Å². The highest BCUT2D eigenvalue weighted by Crippen LogP contribution is 2.32. The van der Waals surface area contributed by atoms with Gasteiger partial charge in [0, 0.05) is 17.0 Å². The van der Waals surface area contributed by atoms with Crippen LogP contribution in [0, 0.1) is 0 Å². The monoisotopic (exact) mass is 410 g/mol. The molecule has 2 aromatic rings. The van der Waals surface area contributed by atoms with Crippen LogP contribution in [0.1, 0.15) is 23.2 Å². The smallest absolute Gasteiger partial charge is 0.306 e. The van der Waals surface area contributed by atoms with Gasteiger partial charge in [-0.25, -0.2) is 0 Å². The summed E-state index contributed by atoms with van der Waals surface area (Å²) in [6, 6.07) is 9.73. The summed E-state index contributed by atoms with van der Waals surface area (Å²) in [5.41, 5.74) is 0.396. The summed E-state index contributed by atoms with van der Waals surface area (Å²) >= 11 is 11.8. The van der Waals surface area contributed by atoms with E-state index in [9.17, 15) is 9.59 Å². The number of ketones is 1. The second kappa shape index (κ2) is 8.97. The number of Topliss-reactive ketones (excluding diaryl/α,β-unsaturated/α-hetero) is 1. The number of halogens is 2. The van der Waals surface area contributed by atoms with Gasteiger partial charge in [-0.3, -0.25) is 9.59 Å². The molecule has 0 aliphatic carbocycles. The molecule has 3 rings (SSSR count). The number of hydrogen-bond donors (Lipinski definition) is 0. The molecule has 1 aliphatic heterocycles. The first kappa shape index (κ1) is 19.3. The van der Waals surface area contributed by atoms with E-state index in [1.54, 1.807) is 36.4 Å². The van der Waals surface area contributed by atoms with Gasteiger partial charge >= 0.3 is 5.97 Å². The van der Waals surface area contributed by atoms with Crippen LogP contribution in [0.15, 0.2) is 36.4 Å². The molecule has 27 heavy (non-hydrogen) atoms.